The van der Waals surface area contributed by atoms with Crippen LogP contribution in [0.1, 0.15) is 32.1 Å². The van der Waals surface area contributed by atoms with Crippen LogP contribution in [0.4, 0.5) is 0 Å². The number of nitriles is 1. The van der Waals surface area contributed by atoms with E-state index >= 15 is 0 Å². The largest absolute Gasteiger partial charge is 0.324 e. The number of benzene rings is 1. The van der Waals surface area contributed by atoms with E-state index in [9.17, 15) is 0 Å². The summed E-state index contributed by atoms with van der Waals surface area (Å²) in [6, 6.07) is 10.6. The van der Waals surface area contributed by atoms with Gasteiger partial charge in [0.25, 0.3) is 0 Å². The lowest BCUT2D eigenvalue weighted by Gasteiger charge is -2.14. The average molecular weight is 213 g/mol. The third kappa shape index (κ3) is 1.67. The maximum absolute atomic E-state index is 8.82. The van der Waals surface area contributed by atoms with Crippen LogP contribution in [0.3, 0.4) is 0 Å². The van der Waals surface area contributed by atoms with Crippen molar-refractivity contribution in [3.63, 3.8) is 0 Å². The minimum atomic E-state index is 0.374. The van der Waals surface area contributed by atoms with Crippen molar-refractivity contribution in [2.75, 3.05) is 0 Å². The predicted octanol–water partition coefficient (Wildman–Crippen LogP) is 3.07. The van der Waals surface area contributed by atoms with Gasteiger partial charge in [-0.05, 0) is 25.5 Å². The van der Waals surface area contributed by atoms with Crippen LogP contribution >= 0.6 is 0 Å². The van der Waals surface area contributed by atoms with Gasteiger partial charge in [-0.15, -0.1) is 0 Å². The summed E-state index contributed by atoms with van der Waals surface area (Å²) >= 11 is 0. The van der Waals surface area contributed by atoms with Crippen molar-refractivity contribution in [2.45, 2.75) is 32.7 Å². The first-order chi connectivity index (χ1) is 7.77. The molecule has 0 aliphatic rings. The van der Waals surface area contributed by atoms with Crippen molar-refractivity contribution < 1.29 is 0 Å². The second-order valence-corrected chi connectivity index (χ2v) is 3.98. The van der Waals surface area contributed by atoms with Crippen LogP contribution < -0.4 is 0 Å². The van der Waals surface area contributed by atoms with Crippen molar-refractivity contribution in [2.24, 2.45) is 0 Å². The van der Waals surface area contributed by atoms with Gasteiger partial charge in [0.15, 0.2) is 0 Å². The van der Waals surface area contributed by atoms with E-state index in [0.717, 1.165) is 23.3 Å². The van der Waals surface area contributed by atoms with Crippen LogP contribution in [-0.2, 0) is 6.42 Å². The SMILES string of the molecule is CCC(C)n1c(CC#N)nc2ccccc21. The number of aromatic nitrogens is 2. The molecular formula is C13H15N3. The monoisotopic (exact) mass is 213 g/mol. The second-order valence-electron chi connectivity index (χ2n) is 3.98. The number of hydrogen-bond acceptors (Lipinski definition) is 2. The number of fused-ring (bicyclic) bond motifs is 1. The Morgan fingerprint density at radius 1 is 1.44 bits per heavy atom. The van der Waals surface area contributed by atoms with Crippen LogP contribution in [0.2, 0.25) is 0 Å². The highest BCUT2D eigenvalue weighted by Gasteiger charge is 2.13. The number of rotatable bonds is 3. The topological polar surface area (TPSA) is 41.6 Å². The molecule has 3 nitrogen and oxygen atoms in total. The maximum atomic E-state index is 8.82. The summed E-state index contributed by atoms with van der Waals surface area (Å²) in [5.41, 5.74) is 2.11. The third-order valence-corrected chi connectivity index (χ3v) is 2.94. The zero-order chi connectivity index (χ0) is 11.5. The molecule has 82 valence electrons. The van der Waals surface area contributed by atoms with Gasteiger partial charge in [0.2, 0.25) is 0 Å². The lowest BCUT2D eigenvalue weighted by Crippen LogP contribution is -2.08. The molecule has 16 heavy (non-hydrogen) atoms. The molecular weight excluding hydrogens is 198 g/mol. The van der Waals surface area contributed by atoms with Gasteiger partial charge >= 0.3 is 0 Å². The van der Waals surface area contributed by atoms with Gasteiger partial charge in [0.1, 0.15) is 5.82 Å². The average Bonchev–Trinajstić information content (AvgIpc) is 2.66. The quantitative estimate of drug-likeness (QED) is 0.786. The number of imidazole rings is 1. The molecule has 0 fully saturated rings. The molecule has 0 radical (unpaired) electrons. The molecule has 0 aliphatic carbocycles. The second kappa shape index (κ2) is 4.36. The Hall–Kier alpha value is -1.82. The summed E-state index contributed by atoms with van der Waals surface area (Å²) in [5, 5.41) is 8.82. The highest BCUT2D eigenvalue weighted by atomic mass is 15.1. The Labute approximate surface area is 95.3 Å². The molecule has 0 aliphatic heterocycles. The van der Waals surface area contributed by atoms with Gasteiger partial charge < -0.3 is 4.57 Å². The van der Waals surface area contributed by atoms with E-state index in [1.807, 2.05) is 18.2 Å². The molecule has 1 aromatic heterocycles. The van der Waals surface area contributed by atoms with Gasteiger partial charge in [-0.25, -0.2) is 4.98 Å². The highest BCUT2D eigenvalue weighted by molar-refractivity contribution is 5.76. The smallest absolute Gasteiger partial charge is 0.124 e. The lowest BCUT2D eigenvalue weighted by atomic mass is 10.2. The molecule has 2 aromatic rings. The number of para-hydroxylation sites is 2. The first kappa shape index (κ1) is 10.7. The summed E-state index contributed by atoms with van der Waals surface area (Å²) in [6.07, 6.45) is 1.41. The Kier molecular flexibility index (Phi) is 2.91. The van der Waals surface area contributed by atoms with Crippen LogP contribution in [0.25, 0.3) is 11.0 Å². The molecule has 1 aromatic carbocycles. The normalized spacial score (nSPS) is 12.6. The van der Waals surface area contributed by atoms with Crippen molar-refractivity contribution >= 4 is 11.0 Å². The predicted molar refractivity (Wildman–Crippen MR) is 64.1 cm³/mol. The van der Waals surface area contributed by atoms with E-state index in [2.05, 4.69) is 35.5 Å². The molecule has 2 rings (SSSR count). The van der Waals surface area contributed by atoms with Crippen molar-refractivity contribution in [3.05, 3.63) is 30.1 Å². The number of hydrogen-bond donors (Lipinski definition) is 0. The van der Waals surface area contributed by atoms with Gasteiger partial charge in [0, 0.05) is 6.04 Å². The van der Waals surface area contributed by atoms with Gasteiger partial charge in [-0.1, -0.05) is 19.1 Å². The first-order valence-corrected chi connectivity index (χ1v) is 5.60. The molecule has 1 atom stereocenters. The standard InChI is InChI=1S/C13H15N3/c1-3-10(2)16-12-7-5-4-6-11(12)15-13(16)8-9-14/h4-7,10H,3,8H2,1-2H3. The van der Waals surface area contributed by atoms with Crippen LogP contribution in [0.15, 0.2) is 24.3 Å². The highest BCUT2D eigenvalue weighted by Crippen LogP contribution is 2.22. The van der Waals surface area contributed by atoms with Crippen LogP contribution in [-0.4, -0.2) is 9.55 Å². The van der Waals surface area contributed by atoms with Gasteiger partial charge in [-0.3, -0.25) is 0 Å². The van der Waals surface area contributed by atoms with E-state index in [4.69, 9.17) is 5.26 Å². The zero-order valence-corrected chi connectivity index (χ0v) is 9.64. The van der Waals surface area contributed by atoms with Gasteiger partial charge in [-0.2, -0.15) is 5.26 Å². The third-order valence-electron chi connectivity index (χ3n) is 2.94. The molecule has 3 heteroatoms. The molecule has 0 N–H and O–H groups in total. The molecule has 1 unspecified atom stereocenters. The minimum absolute atomic E-state index is 0.374. The summed E-state index contributed by atoms with van der Waals surface area (Å²) < 4.78 is 2.18. The van der Waals surface area contributed by atoms with E-state index in [1.165, 1.54) is 0 Å². The molecule has 0 spiro atoms. The Balaban J connectivity index is 2.65. The molecule has 0 bridgehead atoms. The fourth-order valence-corrected chi connectivity index (χ4v) is 1.96. The molecule has 1 heterocycles. The molecule has 0 saturated carbocycles. The lowest BCUT2D eigenvalue weighted by molar-refractivity contribution is 0.528. The summed E-state index contributed by atoms with van der Waals surface area (Å²) in [7, 11) is 0. The van der Waals surface area contributed by atoms with E-state index in [-0.39, 0.29) is 0 Å². The van der Waals surface area contributed by atoms with Crippen molar-refractivity contribution in [1.29, 1.82) is 5.26 Å². The summed E-state index contributed by atoms with van der Waals surface area (Å²) in [6.45, 7) is 4.31. The summed E-state index contributed by atoms with van der Waals surface area (Å²) in [5.74, 6) is 0.873. The van der Waals surface area contributed by atoms with E-state index in [0.29, 0.717) is 12.5 Å². The molecule has 0 saturated heterocycles. The number of nitrogens with zero attached hydrogens (tertiary/aromatic N) is 3. The van der Waals surface area contributed by atoms with E-state index < -0.39 is 0 Å². The van der Waals surface area contributed by atoms with Gasteiger partial charge in [0.05, 0.1) is 23.5 Å². The van der Waals surface area contributed by atoms with Crippen LogP contribution in [0.5, 0.6) is 0 Å². The summed E-state index contributed by atoms with van der Waals surface area (Å²) in [4.78, 5) is 4.51. The zero-order valence-electron chi connectivity index (χ0n) is 9.64. The van der Waals surface area contributed by atoms with Crippen molar-refractivity contribution in [1.82, 2.24) is 9.55 Å². The Bertz CT molecular complexity index is 534. The first-order valence-electron chi connectivity index (χ1n) is 5.60. The minimum Gasteiger partial charge on any atom is -0.324 e. The molecule has 0 amide bonds. The fourth-order valence-electron chi connectivity index (χ4n) is 1.96. The Morgan fingerprint density at radius 2 is 2.19 bits per heavy atom. The van der Waals surface area contributed by atoms with Crippen molar-refractivity contribution in [3.8, 4) is 6.07 Å². The van der Waals surface area contributed by atoms with E-state index in [1.54, 1.807) is 0 Å². The maximum Gasteiger partial charge on any atom is 0.124 e. The Morgan fingerprint density at radius 3 is 2.88 bits per heavy atom. The fraction of sp³-hybridized carbons (Fsp3) is 0.385. The van der Waals surface area contributed by atoms with Crippen LogP contribution in [0, 0.1) is 11.3 Å².